The van der Waals surface area contributed by atoms with Crippen molar-refractivity contribution in [1.82, 2.24) is 0 Å². The summed E-state index contributed by atoms with van der Waals surface area (Å²) < 4.78 is 7.63. The molecule has 22 heavy (non-hydrogen) atoms. The van der Waals surface area contributed by atoms with Gasteiger partial charge in [-0.2, -0.15) is 0 Å². The van der Waals surface area contributed by atoms with E-state index in [1.807, 2.05) is 0 Å². The molecule has 0 saturated carbocycles. The minimum absolute atomic E-state index is 0.0470. The lowest BCUT2D eigenvalue weighted by molar-refractivity contribution is -0.137. The predicted octanol–water partition coefficient (Wildman–Crippen LogP) is 3.92. The Morgan fingerprint density at radius 2 is 1.82 bits per heavy atom. The Morgan fingerprint density at radius 3 is 2.23 bits per heavy atom. The Labute approximate surface area is 142 Å². The molecule has 0 unspecified atom stereocenters. The molecule has 0 heterocycles. The van der Waals surface area contributed by atoms with Gasteiger partial charge >= 0.3 is 5.97 Å². The Kier molecular flexibility index (Phi) is 6.53. The summed E-state index contributed by atoms with van der Waals surface area (Å²) in [6.45, 7) is 1.63. The fourth-order valence-electron chi connectivity index (χ4n) is 1.56. The summed E-state index contributed by atoms with van der Waals surface area (Å²) in [4.78, 5) is 12.0. The van der Waals surface area contributed by atoms with Crippen molar-refractivity contribution < 1.29 is 19.4 Å². The number of ether oxygens (including phenoxy) is 2. The zero-order chi connectivity index (χ0) is 16.9. The van der Waals surface area contributed by atoms with Crippen LogP contribution < -0.4 is 4.74 Å². The first-order chi connectivity index (χ1) is 10.2. The van der Waals surface area contributed by atoms with E-state index in [0.717, 1.165) is 0 Å². The molecule has 0 aliphatic heterocycles. The van der Waals surface area contributed by atoms with E-state index in [1.54, 1.807) is 19.1 Å². The zero-order valence-electron chi connectivity index (χ0n) is 11.8. The Hall–Kier alpha value is -1.43. The van der Waals surface area contributed by atoms with Gasteiger partial charge in [0.1, 0.15) is 22.8 Å². The van der Waals surface area contributed by atoms with E-state index in [2.05, 4.69) is 0 Å². The van der Waals surface area contributed by atoms with Gasteiger partial charge in [-0.1, -0.05) is 34.8 Å². The van der Waals surface area contributed by atoms with Gasteiger partial charge < -0.3 is 14.6 Å². The van der Waals surface area contributed by atoms with Crippen molar-refractivity contribution in [2.75, 3.05) is 13.7 Å². The summed E-state index contributed by atoms with van der Waals surface area (Å²) in [5.74, 6) is -0.907. The number of carbonyl (C=O) groups excluding carboxylic acids is 1. The third-order valence-electron chi connectivity index (χ3n) is 2.61. The number of aliphatic hydroxyl groups excluding tert-OH is 1. The summed E-state index contributed by atoms with van der Waals surface area (Å²) in [6.07, 6.45) is 0. The number of rotatable bonds is 5. The van der Waals surface area contributed by atoms with Crippen molar-refractivity contribution >= 4 is 52.2 Å². The quantitative estimate of drug-likeness (QED) is 0.272. The van der Waals surface area contributed by atoms with Crippen LogP contribution in [0.4, 0.5) is 0 Å². The number of benzene rings is 1. The second-order valence-electron chi connectivity index (χ2n) is 4.05. The van der Waals surface area contributed by atoms with Crippen molar-refractivity contribution in [1.29, 1.82) is 5.41 Å². The van der Waals surface area contributed by atoms with E-state index < -0.39 is 26.8 Å². The van der Waals surface area contributed by atoms with E-state index in [4.69, 9.17) is 49.7 Å². The van der Waals surface area contributed by atoms with Crippen molar-refractivity contribution in [3.05, 3.63) is 35.4 Å². The molecule has 2 N–H and O–H groups in total. The molecule has 0 radical (unpaired) electrons. The van der Waals surface area contributed by atoms with Gasteiger partial charge in [0.25, 0.3) is 0 Å². The van der Waals surface area contributed by atoms with Gasteiger partial charge in [-0.25, -0.2) is 4.79 Å². The summed E-state index contributed by atoms with van der Waals surface area (Å²) in [5.41, 5.74) is -0.931. The second kappa shape index (κ2) is 7.72. The minimum Gasteiger partial charge on any atom is -0.506 e. The molecule has 0 atom stereocenters. The molecule has 1 aromatic rings. The maximum absolute atomic E-state index is 12.0. The summed E-state index contributed by atoms with van der Waals surface area (Å²) in [6, 6.07) is 6.15. The summed E-state index contributed by atoms with van der Waals surface area (Å²) in [5, 5.41) is 18.1. The summed E-state index contributed by atoms with van der Waals surface area (Å²) in [7, 11) is 1.49. The molecule has 0 spiro atoms. The lowest BCUT2D eigenvalue weighted by Gasteiger charge is -2.16. The lowest BCUT2D eigenvalue weighted by Crippen LogP contribution is -2.27. The van der Waals surface area contributed by atoms with E-state index in [1.165, 1.54) is 19.2 Å². The maximum Gasteiger partial charge on any atom is 0.343 e. The molecule has 0 aromatic heterocycles. The van der Waals surface area contributed by atoms with E-state index in [-0.39, 0.29) is 12.2 Å². The van der Waals surface area contributed by atoms with Gasteiger partial charge in [-0.15, -0.1) is 0 Å². The second-order valence-corrected chi connectivity index (χ2v) is 6.33. The fourth-order valence-corrected chi connectivity index (χ4v) is 1.84. The van der Waals surface area contributed by atoms with E-state index in [9.17, 15) is 9.90 Å². The van der Waals surface area contributed by atoms with Crippen molar-refractivity contribution in [3.8, 4) is 5.75 Å². The predicted molar refractivity (Wildman–Crippen MR) is 87.2 cm³/mol. The number of carbonyl (C=O) groups is 1. The lowest BCUT2D eigenvalue weighted by atomic mass is 10.0. The Morgan fingerprint density at radius 1 is 1.27 bits per heavy atom. The number of aliphatic hydroxyl groups is 1. The van der Waals surface area contributed by atoms with Gasteiger partial charge in [-0.05, 0) is 31.2 Å². The highest BCUT2D eigenvalue weighted by molar-refractivity contribution is 6.78. The number of methoxy groups -OCH3 is 1. The number of halogens is 3. The van der Waals surface area contributed by atoms with Crippen LogP contribution in [0.2, 0.25) is 0 Å². The number of hydrogen-bond donors (Lipinski definition) is 2. The fraction of sp³-hybridized carbons (Fsp3) is 0.286. The third-order valence-corrected chi connectivity index (χ3v) is 3.18. The molecule has 5 nitrogen and oxygen atoms in total. The number of nitrogens with one attached hydrogen (secondary N) is 1. The smallest absolute Gasteiger partial charge is 0.343 e. The average Bonchev–Trinajstić information content (AvgIpc) is 2.46. The highest BCUT2D eigenvalue weighted by Crippen LogP contribution is 2.33. The molecule has 120 valence electrons. The van der Waals surface area contributed by atoms with Crippen molar-refractivity contribution in [2.24, 2.45) is 0 Å². The van der Waals surface area contributed by atoms with Gasteiger partial charge in [0, 0.05) is 5.56 Å². The Balaban J connectivity index is 3.38. The SMILES string of the molecule is CCOC(=O)C(C(=N)C(Cl)(Cl)Cl)=C(O)c1ccc(OC)cc1. The van der Waals surface area contributed by atoms with Crippen LogP contribution in [0.25, 0.3) is 5.76 Å². The first kappa shape index (κ1) is 18.6. The number of esters is 1. The largest absolute Gasteiger partial charge is 0.506 e. The first-order valence-corrected chi connectivity index (χ1v) is 7.26. The van der Waals surface area contributed by atoms with Crippen LogP contribution in [0, 0.1) is 5.41 Å². The molecule has 8 heteroatoms. The molecule has 0 aliphatic carbocycles. The minimum atomic E-state index is -2.18. The number of hydrogen-bond acceptors (Lipinski definition) is 5. The molecule has 0 aliphatic rings. The summed E-state index contributed by atoms with van der Waals surface area (Å²) >= 11 is 16.9. The molecule has 0 saturated heterocycles. The molecule has 1 aromatic carbocycles. The standard InChI is InChI=1S/C14H14Cl3NO4/c1-3-22-13(20)10(12(18)14(15,16)17)11(19)8-4-6-9(21-2)7-5-8/h4-7,18-19H,3H2,1-2H3. The van der Waals surface area contributed by atoms with Crippen LogP contribution in [0.1, 0.15) is 12.5 Å². The molecule has 0 bridgehead atoms. The van der Waals surface area contributed by atoms with Crippen LogP contribution in [0.15, 0.2) is 29.8 Å². The molecular formula is C14H14Cl3NO4. The average molecular weight is 367 g/mol. The monoisotopic (exact) mass is 365 g/mol. The van der Waals surface area contributed by atoms with Gasteiger partial charge in [0.2, 0.25) is 3.79 Å². The van der Waals surface area contributed by atoms with Crippen LogP contribution in [0.5, 0.6) is 5.75 Å². The maximum atomic E-state index is 12.0. The zero-order valence-corrected chi connectivity index (χ0v) is 14.1. The van der Waals surface area contributed by atoms with Gasteiger partial charge in [0.15, 0.2) is 0 Å². The van der Waals surface area contributed by atoms with E-state index in [0.29, 0.717) is 5.75 Å². The molecule has 1 rings (SSSR count). The highest BCUT2D eigenvalue weighted by Gasteiger charge is 2.36. The van der Waals surface area contributed by atoms with Crippen molar-refractivity contribution in [2.45, 2.75) is 10.7 Å². The van der Waals surface area contributed by atoms with Crippen LogP contribution in [0.3, 0.4) is 0 Å². The third kappa shape index (κ3) is 4.53. The molecular weight excluding hydrogens is 353 g/mol. The van der Waals surface area contributed by atoms with Crippen molar-refractivity contribution in [3.63, 3.8) is 0 Å². The molecule has 0 amide bonds. The van der Waals surface area contributed by atoms with Gasteiger partial charge in [0.05, 0.1) is 13.7 Å². The number of alkyl halides is 3. The van der Waals surface area contributed by atoms with Crippen LogP contribution in [-0.4, -0.2) is 34.3 Å². The van der Waals surface area contributed by atoms with E-state index >= 15 is 0 Å². The molecule has 0 fully saturated rings. The van der Waals surface area contributed by atoms with Crippen LogP contribution in [-0.2, 0) is 9.53 Å². The first-order valence-electron chi connectivity index (χ1n) is 6.13. The Bertz CT molecular complexity index is 591. The highest BCUT2D eigenvalue weighted by atomic mass is 35.6. The normalized spacial score (nSPS) is 12.4. The topological polar surface area (TPSA) is 79.6 Å². The van der Waals surface area contributed by atoms with Crippen LogP contribution >= 0.6 is 34.8 Å². The van der Waals surface area contributed by atoms with Gasteiger partial charge in [-0.3, -0.25) is 5.41 Å².